The molecule has 0 amide bonds. The summed E-state index contributed by atoms with van der Waals surface area (Å²) in [5, 5.41) is 8.63. The van der Waals surface area contributed by atoms with Gasteiger partial charge < -0.3 is 24.3 Å². The first-order valence-corrected chi connectivity index (χ1v) is 15.1. The summed E-state index contributed by atoms with van der Waals surface area (Å²) in [6.07, 6.45) is 7.27. The summed E-state index contributed by atoms with van der Waals surface area (Å²) in [4.78, 5) is 33.9. The Labute approximate surface area is 272 Å². The third-order valence-electron chi connectivity index (χ3n) is 7.62. The summed E-state index contributed by atoms with van der Waals surface area (Å²) in [5.74, 6) is 2.05. The third-order valence-corrected chi connectivity index (χ3v) is 8.01. The largest absolute Gasteiger partial charge is 0.497 e. The van der Waals surface area contributed by atoms with Crippen LogP contribution < -0.4 is 20.3 Å². The Balaban J connectivity index is 1.65. The molecule has 0 saturated heterocycles. The first kappa shape index (κ1) is 32.5. The molecule has 0 aliphatic rings. The number of halogens is 1. The first-order valence-electron chi connectivity index (χ1n) is 14.7. The van der Waals surface area contributed by atoms with Gasteiger partial charge in [-0.3, -0.25) is 14.3 Å². The molecule has 1 N–H and O–H groups in total. The molecule has 0 aliphatic heterocycles. The molecule has 5 rings (SSSR count). The quantitative estimate of drug-likeness (QED) is 0.164. The number of fused-ring (bicyclic) bond motifs is 1. The van der Waals surface area contributed by atoms with Crippen molar-refractivity contribution in [1.29, 1.82) is 0 Å². The Kier molecular flexibility index (Phi) is 9.89. The van der Waals surface area contributed by atoms with E-state index in [1.54, 1.807) is 46.8 Å². The second kappa shape index (κ2) is 14.0. The van der Waals surface area contributed by atoms with Gasteiger partial charge in [0.1, 0.15) is 17.3 Å². The van der Waals surface area contributed by atoms with Crippen LogP contribution in [0.25, 0.3) is 22.0 Å². The van der Waals surface area contributed by atoms with E-state index < -0.39 is 6.04 Å². The van der Waals surface area contributed by atoms with Crippen molar-refractivity contribution in [1.82, 2.24) is 24.2 Å². The van der Waals surface area contributed by atoms with Crippen molar-refractivity contribution in [3.05, 3.63) is 106 Å². The van der Waals surface area contributed by atoms with Gasteiger partial charge in [0.25, 0.3) is 5.56 Å². The van der Waals surface area contributed by atoms with Gasteiger partial charge >= 0.3 is 0 Å². The van der Waals surface area contributed by atoms with Gasteiger partial charge in [-0.15, -0.1) is 0 Å². The molecule has 1 atom stereocenters. The number of hydrogen-bond acceptors (Lipinski definition) is 8. The standard InChI is InChI=1S/C35H37ClN6O4/c1-22(24-10-7-9-23(15-24)16-26(43)11-8-13-40(2)3)42-30-20-33(38-32-12-14-41(4)39-32)37-21-25(30)17-29(35(42)44)28-18-27(45-5)19-31(46-6)34(28)36/h7-12,14-15,17-22H,13,16H2,1-6H3,(H,37,38,39)/b11-8+. The number of nitrogens with zero attached hydrogens (tertiary/aromatic N) is 5. The third kappa shape index (κ3) is 7.14. The number of nitrogens with one attached hydrogen (secondary N) is 1. The fourth-order valence-electron chi connectivity index (χ4n) is 5.29. The molecule has 0 radical (unpaired) electrons. The first-order chi connectivity index (χ1) is 22.1. The number of pyridine rings is 2. The molecule has 0 bridgehead atoms. The summed E-state index contributed by atoms with van der Waals surface area (Å²) < 4.78 is 14.4. The smallest absolute Gasteiger partial charge is 0.259 e. The molecular weight excluding hydrogens is 604 g/mol. The number of methoxy groups -OCH3 is 2. The van der Waals surface area contributed by atoms with Gasteiger partial charge in [0, 0.05) is 67.1 Å². The Morgan fingerprint density at radius 2 is 1.87 bits per heavy atom. The Morgan fingerprint density at radius 1 is 1.07 bits per heavy atom. The topological polar surface area (TPSA) is 104 Å². The van der Waals surface area contributed by atoms with Gasteiger partial charge in [-0.1, -0.05) is 41.9 Å². The van der Waals surface area contributed by atoms with E-state index in [0.29, 0.717) is 51.3 Å². The van der Waals surface area contributed by atoms with Gasteiger partial charge in [-0.2, -0.15) is 5.10 Å². The van der Waals surface area contributed by atoms with E-state index in [2.05, 4.69) is 15.4 Å². The number of anilines is 2. The number of carbonyl (C=O) groups is 1. The van der Waals surface area contributed by atoms with Crippen molar-refractivity contribution >= 4 is 39.9 Å². The molecule has 1 unspecified atom stereocenters. The van der Waals surface area contributed by atoms with Crippen LogP contribution in [0.2, 0.25) is 5.02 Å². The molecule has 238 valence electrons. The average molecular weight is 641 g/mol. The van der Waals surface area contributed by atoms with E-state index in [1.165, 1.54) is 7.11 Å². The zero-order valence-corrected chi connectivity index (χ0v) is 27.5. The number of ketones is 1. The lowest BCUT2D eigenvalue weighted by Gasteiger charge is -2.22. The summed E-state index contributed by atoms with van der Waals surface area (Å²) in [7, 11) is 8.80. The number of benzene rings is 2. The van der Waals surface area contributed by atoms with Gasteiger partial charge in [-0.25, -0.2) is 4.98 Å². The van der Waals surface area contributed by atoms with Gasteiger partial charge in [0.05, 0.1) is 30.8 Å². The van der Waals surface area contributed by atoms with Crippen LogP contribution in [0.4, 0.5) is 11.6 Å². The number of hydrogen-bond donors (Lipinski definition) is 1. The number of ether oxygens (including phenoxy) is 2. The van der Waals surface area contributed by atoms with Gasteiger partial charge in [-0.05, 0) is 50.4 Å². The lowest BCUT2D eigenvalue weighted by molar-refractivity contribution is -0.114. The van der Waals surface area contributed by atoms with E-state index in [1.807, 2.05) is 81.6 Å². The number of carbonyl (C=O) groups excluding carboxylic acids is 1. The van der Waals surface area contributed by atoms with Crippen LogP contribution in [0.1, 0.15) is 24.1 Å². The molecule has 46 heavy (non-hydrogen) atoms. The molecule has 5 aromatic rings. The summed E-state index contributed by atoms with van der Waals surface area (Å²) in [5.41, 5.74) is 2.97. The minimum atomic E-state index is -0.425. The number of allylic oxidation sites excluding steroid dienone is 1. The Bertz CT molecular complexity index is 1980. The normalized spacial score (nSPS) is 12.2. The second-order valence-electron chi connectivity index (χ2n) is 11.3. The minimum Gasteiger partial charge on any atom is -0.497 e. The number of rotatable bonds is 12. The van der Waals surface area contributed by atoms with E-state index in [0.717, 1.165) is 16.5 Å². The fourth-order valence-corrected chi connectivity index (χ4v) is 5.58. The summed E-state index contributed by atoms with van der Waals surface area (Å²) in [6.45, 7) is 2.65. The molecule has 3 heterocycles. The monoisotopic (exact) mass is 640 g/mol. The fraction of sp³-hybridized carbons (Fsp3) is 0.257. The summed E-state index contributed by atoms with van der Waals surface area (Å²) in [6, 6.07) is 16.2. The van der Waals surface area contributed by atoms with Crippen LogP contribution in [0.3, 0.4) is 0 Å². The van der Waals surface area contributed by atoms with Crippen molar-refractivity contribution in [2.75, 3.05) is 40.2 Å². The maximum Gasteiger partial charge on any atom is 0.259 e. The van der Waals surface area contributed by atoms with Crippen LogP contribution in [0.5, 0.6) is 11.5 Å². The molecule has 0 fully saturated rings. The molecule has 10 nitrogen and oxygen atoms in total. The predicted molar refractivity (Wildman–Crippen MR) is 183 cm³/mol. The van der Waals surface area contributed by atoms with Gasteiger partial charge in [0.2, 0.25) is 0 Å². The lowest BCUT2D eigenvalue weighted by atomic mass is 9.99. The molecule has 0 spiro atoms. The van der Waals surface area contributed by atoms with Gasteiger partial charge in [0.15, 0.2) is 11.6 Å². The van der Waals surface area contributed by atoms with Crippen molar-refractivity contribution in [2.45, 2.75) is 19.4 Å². The van der Waals surface area contributed by atoms with E-state index in [4.69, 9.17) is 21.1 Å². The Hall–Kier alpha value is -4.93. The zero-order valence-electron chi connectivity index (χ0n) is 26.7. The van der Waals surface area contributed by atoms with Crippen molar-refractivity contribution in [3.8, 4) is 22.6 Å². The minimum absolute atomic E-state index is 0.00851. The second-order valence-corrected chi connectivity index (χ2v) is 11.7. The van der Waals surface area contributed by atoms with Crippen LogP contribution >= 0.6 is 11.6 Å². The van der Waals surface area contributed by atoms with Crippen LogP contribution in [-0.2, 0) is 18.3 Å². The Morgan fingerprint density at radius 3 is 2.57 bits per heavy atom. The number of aromatic nitrogens is 4. The lowest BCUT2D eigenvalue weighted by Crippen LogP contribution is -2.26. The number of aryl methyl sites for hydroxylation is 1. The van der Waals surface area contributed by atoms with E-state index >= 15 is 0 Å². The zero-order chi connectivity index (χ0) is 33.0. The molecular formula is C35H37ClN6O4. The highest BCUT2D eigenvalue weighted by atomic mass is 35.5. The van der Waals surface area contributed by atoms with E-state index in [-0.39, 0.29) is 17.8 Å². The molecule has 0 saturated carbocycles. The van der Waals surface area contributed by atoms with Crippen molar-refractivity contribution in [2.24, 2.45) is 7.05 Å². The highest BCUT2D eigenvalue weighted by molar-refractivity contribution is 6.35. The van der Waals surface area contributed by atoms with Crippen molar-refractivity contribution < 1.29 is 14.3 Å². The van der Waals surface area contributed by atoms with Crippen LogP contribution in [0.15, 0.2) is 83.9 Å². The summed E-state index contributed by atoms with van der Waals surface area (Å²) >= 11 is 6.78. The maximum atomic E-state index is 14.6. The average Bonchev–Trinajstić information content (AvgIpc) is 3.44. The SMILES string of the molecule is COc1cc(OC)c(Cl)c(-c2cc3cnc(Nc4ccn(C)n4)cc3n(C(C)c3cccc(CC(=O)/C=C/CN(C)C)c3)c2=O)c1. The van der Waals surface area contributed by atoms with E-state index in [9.17, 15) is 9.59 Å². The molecule has 3 aromatic heterocycles. The van der Waals surface area contributed by atoms with Crippen LogP contribution in [-0.4, -0.2) is 64.9 Å². The maximum absolute atomic E-state index is 14.6. The highest BCUT2D eigenvalue weighted by Crippen LogP contribution is 2.39. The molecule has 2 aromatic carbocycles. The number of likely N-dealkylation sites (N-methyl/N-ethyl adjacent to an activating group) is 1. The van der Waals surface area contributed by atoms with Crippen molar-refractivity contribution in [3.63, 3.8) is 0 Å². The predicted octanol–water partition coefficient (Wildman–Crippen LogP) is 6.05. The molecule has 0 aliphatic carbocycles. The molecule has 11 heteroatoms. The highest BCUT2D eigenvalue weighted by Gasteiger charge is 2.22. The van der Waals surface area contributed by atoms with Crippen LogP contribution in [0, 0.1) is 0 Å².